The highest BCUT2D eigenvalue weighted by Gasteiger charge is 2.28. The highest BCUT2D eigenvalue weighted by Crippen LogP contribution is 2.27. The van der Waals surface area contributed by atoms with E-state index in [4.69, 9.17) is 9.73 Å². The molecule has 0 radical (unpaired) electrons. The third-order valence-corrected chi connectivity index (χ3v) is 5.15. The minimum absolute atomic E-state index is 0.348. The molecule has 1 aliphatic heterocycles. The number of rotatable bonds is 7. The van der Waals surface area contributed by atoms with Gasteiger partial charge in [0, 0.05) is 32.0 Å². The van der Waals surface area contributed by atoms with Crippen molar-refractivity contribution in [3.8, 4) is 5.75 Å². The van der Waals surface area contributed by atoms with Crippen LogP contribution in [0.25, 0.3) is 0 Å². The number of likely N-dealkylation sites (tertiary alicyclic amines) is 1. The van der Waals surface area contributed by atoms with Crippen molar-refractivity contribution in [1.29, 1.82) is 0 Å². The third-order valence-electron chi connectivity index (χ3n) is 5.15. The Hall–Kier alpha value is -2.64. The molecule has 8 heteroatoms. The quantitative estimate of drug-likeness (QED) is 0.565. The summed E-state index contributed by atoms with van der Waals surface area (Å²) in [6, 6.07) is 7.52. The fourth-order valence-electron chi connectivity index (χ4n) is 3.58. The lowest BCUT2D eigenvalue weighted by molar-refractivity contribution is 0.0818. The molecule has 158 valence electrons. The minimum atomic E-state index is -2.48. The second-order valence-electron chi connectivity index (χ2n) is 7.31. The van der Waals surface area contributed by atoms with Gasteiger partial charge in [0.25, 0.3) is 6.43 Å². The normalized spacial score (nSPS) is 20.2. The van der Waals surface area contributed by atoms with Gasteiger partial charge >= 0.3 is 0 Å². The van der Waals surface area contributed by atoms with Crippen LogP contribution in [-0.2, 0) is 6.54 Å². The Morgan fingerprint density at radius 2 is 2.28 bits per heavy atom. The number of halogens is 2. The molecule has 0 amide bonds. The van der Waals surface area contributed by atoms with E-state index < -0.39 is 13.0 Å². The van der Waals surface area contributed by atoms with Crippen LogP contribution in [0.5, 0.6) is 5.75 Å². The van der Waals surface area contributed by atoms with Crippen molar-refractivity contribution >= 4 is 5.96 Å². The SMILES string of the molecule is CCNC(=NCc1cccc(OCC(F)F)c1)N1CCC(C)C(n2ccnc2)C1. The van der Waals surface area contributed by atoms with Gasteiger partial charge in [-0.05, 0) is 37.0 Å². The van der Waals surface area contributed by atoms with E-state index in [0.29, 0.717) is 24.3 Å². The van der Waals surface area contributed by atoms with E-state index in [9.17, 15) is 8.78 Å². The molecule has 2 heterocycles. The minimum Gasteiger partial charge on any atom is -0.488 e. The highest BCUT2D eigenvalue weighted by molar-refractivity contribution is 5.80. The Kier molecular flexibility index (Phi) is 7.43. The second-order valence-corrected chi connectivity index (χ2v) is 7.31. The Morgan fingerprint density at radius 3 is 3.00 bits per heavy atom. The number of hydrogen-bond acceptors (Lipinski definition) is 3. The number of benzene rings is 1. The van der Waals surface area contributed by atoms with Gasteiger partial charge in [0.1, 0.15) is 12.4 Å². The number of nitrogens with one attached hydrogen (secondary N) is 1. The fraction of sp³-hybridized carbons (Fsp3) is 0.524. The van der Waals surface area contributed by atoms with Crippen LogP contribution in [0.15, 0.2) is 48.0 Å². The van der Waals surface area contributed by atoms with E-state index in [2.05, 4.69) is 26.7 Å². The summed E-state index contributed by atoms with van der Waals surface area (Å²) in [4.78, 5) is 11.3. The van der Waals surface area contributed by atoms with Crippen molar-refractivity contribution in [2.24, 2.45) is 10.9 Å². The Labute approximate surface area is 170 Å². The van der Waals surface area contributed by atoms with Crippen LogP contribution in [0.3, 0.4) is 0 Å². The van der Waals surface area contributed by atoms with Gasteiger partial charge < -0.3 is 19.5 Å². The van der Waals surface area contributed by atoms with Crippen LogP contribution in [0.4, 0.5) is 8.78 Å². The highest BCUT2D eigenvalue weighted by atomic mass is 19.3. The molecule has 1 aromatic heterocycles. The molecule has 6 nitrogen and oxygen atoms in total. The Bertz CT molecular complexity index is 781. The summed E-state index contributed by atoms with van der Waals surface area (Å²) in [6.07, 6.45) is 4.29. The van der Waals surface area contributed by atoms with Gasteiger partial charge in [-0.1, -0.05) is 19.1 Å². The molecule has 2 aromatic rings. The Morgan fingerprint density at radius 1 is 1.41 bits per heavy atom. The number of alkyl halides is 2. The topological polar surface area (TPSA) is 54.7 Å². The number of ether oxygens (including phenoxy) is 1. The number of hydrogen-bond donors (Lipinski definition) is 1. The van der Waals surface area contributed by atoms with E-state index >= 15 is 0 Å². The monoisotopic (exact) mass is 405 g/mol. The molecule has 1 aliphatic rings. The molecular weight excluding hydrogens is 376 g/mol. The van der Waals surface area contributed by atoms with Crippen molar-refractivity contribution in [3.05, 3.63) is 48.5 Å². The number of aliphatic imine (C=N–C) groups is 1. The van der Waals surface area contributed by atoms with Gasteiger partial charge in [0.15, 0.2) is 5.96 Å². The average Bonchev–Trinajstić information content (AvgIpc) is 3.25. The average molecular weight is 405 g/mol. The maximum absolute atomic E-state index is 12.4. The molecule has 2 unspecified atom stereocenters. The van der Waals surface area contributed by atoms with E-state index in [1.807, 2.05) is 31.7 Å². The zero-order valence-corrected chi connectivity index (χ0v) is 17.0. The number of imidazole rings is 1. The predicted molar refractivity (Wildman–Crippen MR) is 109 cm³/mol. The first-order valence-electron chi connectivity index (χ1n) is 10.1. The predicted octanol–water partition coefficient (Wildman–Crippen LogP) is 3.58. The van der Waals surface area contributed by atoms with Crippen molar-refractivity contribution in [3.63, 3.8) is 0 Å². The summed E-state index contributed by atoms with van der Waals surface area (Å²) >= 11 is 0. The van der Waals surface area contributed by atoms with Crippen molar-refractivity contribution < 1.29 is 13.5 Å². The van der Waals surface area contributed by atoms with Crippen molar-refractivity contribution in [2.45, 2.75) is 39.3 Å². The number of aromatic nitrogens is 2. The largest absolute Gasteiger partial charge is 0.488 e. The molecule has 1 fully saturated rings. The van der Waals surface area contributed by atoms with Crippen LogP contribution < -0.4 is 10.1 Å². The first kappa shape index (κ1) is 21.1. The van der Waals surface area contributed by atoms with Crippen molar-refractivity contribution in [2.75, 3.05) is 26.2 Å². The number of nitrogens with zero attached hydrogens (tertiary/aromatic N) is 4. The molecular formula is C21H29F2N5O. The first-order valence-corrected chi connectivity index (χ1v) is 10.1. The van der Waals surface area contributed by atoms with Crippen LogP contribution in [0.1, 0.15) is 31.9 Å². The summed E-state index contributed by atoms with van der Waals surface area (Å²) in [5, 5.41) is 3.38. The zero-order valence-electron chi connectivity index (χ0n) is 17.0. The lowest BCUT2D eigenvalue weighted by Gasteiger charge is -2.39. The molecule has 1 aromatic carbocycles. The molecule has 2 atom stereocenters. The molecule has 0 bridgehead atoms. The summed E-state index contributed by atoms with van der Waals surface area (Å²) in [5.74, 6) is 1.87. The third kappa shape index (κ3) is 5.92. The second kappa shape index (κ2) is 10.2. The standard InChI is InChI=1S/C21H29F2N5O/c1-3-25-21(26-12-17-5-4-6-18(11-17)29-14-20(22)23)27-9-7-16(2)19(13-27)28-10-8-24-15-28/h4-6,8,10-11,15-16,19-20H,3,7,9,12-14H2,1-2H3,(H,25,26). The van der Waals surface area contributed by atoms with Gasteiger partial charge in [-0.3, -0.25) is 0 Å². The van der Waals surface area contributed by atoms with E-state index in [0.717, 1.165) is 37.6 Å². The fourth-order valence-corrected chi connectivity index (χ4v) is 3.58. The molecule has 29 heavy (non-hydrogen) atoms. The van der Waals surface area contributed by atoms with E-state index in [-0.39, 0.29) is 0 Å². The molecule has 0 saturated carbocycles. The van der Waals surface area contributed by atoms with Crippen molar-refractivity contribution in [1.82, 2.24) is 19.8 Å². The van der Waals surface area contributed by atoms with Crippen LogP contribution in [0.2, 0.25) is 0 Å². The molecule has 1 N–H and O–H groups in total. The van der Waals surface area contributed by atoms with Crippen LogP contribution in [0, 0.1) is 5.92 Å². The van der Waals surface area contributed by atoms with Gasteiger partial charge in [0.2, 0.25) is 0 Å². The summed E-state index contributed by atoms with van der Waals surface area (Å²) < 4.78 is 32.0. The summed E-state index contributed by atoms with van der Waals surface area (Å²) in [5.41, 5.74) is 0.920. The van der Waals surface area contributed by atoms with Crippen LogP contribution >= 0.6 is 0 Å². The maximum Gasteiger partial charge on any atom is 0.272 e. The first-order chi connectivity index (χ1) is 14.1. The number of piperidine rings is 1. The molecule has 0 spiro atoms. The Balaban J connectivity index is 1.69. The van der Waals surface area contributed by atoms with Gasteiger partial charge in [-0.25, -0.2) is 18.8 Å². The maximum atomic E-state index is 12.4. The van der Waals surface area contributed by atoms with Gasteiger partial charge in [0.05, 0.1) is 18.9 Å². The van der Waals surface area contributed by atoms with Gasteiger partial charge in [-0.2, -0.15) is 0 Å². The molecule has 0 aliphatic carbocycles. The molecule has 3 rings (SSSR count). The lowest BCUT2D eigenvalue weighted by Crippen LogP contribution is -2.49. The zero-order chi connectivity index (χ0) is 20.6. The smallest absolute Gasteiger partial charge is 0.272 e. The van der Waals surface area contributed by atoms with Crippen LogP contribution in [-0.4, -0.2) is 53.1 Å². The van der Waals surface area contributed by atoms with Gasteiger partial charge in [-0.15, -0.1) is 0 Å². The lowest BCUT2D eigenvalue weighted by atomic mass is 9.93. The summed E-state index contributed by atoms with van der Waals surface area (Å²) in [6.45, 7) is 6.76. The summed E-state index contributed by atoms with van der Waals surface area (Å²) in [7, 11) is 0. The number of guanidine groups is 1. The van der Waals surface area contributed by atoms with E-state index in [1.165, 1.54) is 0 Å². The molecule has 1 saturated heterocycles. The van der Waals surface area contributed by atoms with E-state index in [1.54, 1.807) is 18.2 Å².